The largest absolute Gasteiger partial charge is 0.337 e. The molecule has 1 saturated carbocycles. The monoisotopic (exact) mass is 271 g/mol. The molecule has 1 amide bonds. The van der Waals surface area contributed by atoms with E-state index in [0.717, 1.165) is 18.4 Å². The number of hydrogen-bond acceptors (Lipinski definition) is 3. The molecule has 0 saturated heterocycles. The second-order valence-electron chi connectivity index (χ2n) is 5.65. The molecule has 0 unspecified atom stereocenters. The first-order valence-electron chi connectivity index (χ1n) is 7.06. The van der Waals surface area contributed by atoms with Gasteiger partial charge in [0.15, 0.2) is 0 Å². The summed E-state index contributed by atoms with van der Waals surface area (Å²) in [6.07, 6.45) is 2.05. The Labute approximate surface area is 120 Å². The van der Waals surface area contributed by atoms with Gasteiger partial charge in [-0.05, 0) is 38.2 Å². The number of carbonyl (C=O) groups is 1. The predicted molar refractivity (Wildman–Crippen MR) is 77.7 cm³/mol. The number of carbonyl (C=O) groups excluding carboxylic acids is 1. The molecule has 1 aliphatic carbocycles. The Balaban J connectivity index is 1.82. The van der Waals surface area contributed by atoms with E-state index in [0.29, 0.717) is 5.92 Å². The van der Waals surface area contributed by atoms with E-state index < -0.39 is 5.54 Å². The van der Waals surface area contributed by atoms with E-state index in [4.69, 9.17) is 0 Å². The lowest BCUT2D eigenvalue weighted by atomic mass is 9.98. The van der Waals surface area contributed by atoms with Crippen molar-refractivity contribution < 1.29 is 4.79 Å². The van der Waals surface area contributed by atoms with Crippen molar-refractivity contribution in [1.82, 2.24) is 10.6 Å². The van der Waals surface area contributed by atoms with Crippen LogP contribution in [0.2, 0.25) is 0 Å². The molecule has 1 aliphatic rings. The Morgan fingerprint density at radius 3 is 2.65 bits per heavy atom. The smallest absolute Gasteiger partial charge is 0.235 e. The van der Waals surface area contributed by atoms with E-state index in [9.17, 15) is 10.1 Å². The average molecular weight is 271 g/mol. The van der Waals surface area contributed by atoms with Crippen molar-refractivity contribution in [3.8, 4) is 6.07 Å². The van der Waals surface area contributed by atoms with Crippen molar-refractivity contribution in [3.05, 3.63) is 35.9 Å². The average Bonchev–Trinajstić information content (AvgIpc) is 3.30. The zero-order valence-electron chi connectivity index (χ0n) is 12.0. The third kappa shape index (κ3) is 3.58. The minimum atomic E-state index is -0.714. The van der Waals surface area contributed by atoms with Crippen LogP contribution >= 0.6 is 0 Å². The molecule has 2 rings (SSSR count). The van der Waals surface area contributed by atoms with Crippen molar-refractivity contribution >= 4 is 5.91 Å². The Morgan fingerprint density at radius 1 is 1.45 bits per heavy atom. The highest BCUT2D eigenvalue weighted by Crippen LogP contribution is 2.39. The molecule has 1 aromatic carbocycles. The minimum absolute atomic E-state index is 0.108. The maximum atomic E-state index is 12.0. The van der Waals surface area contributed by atoms with E-state index in [1.807, 2.05) is 44.2 Å². The Hall–Kier alpha value is -1.86. The first-order valence-corrected chi connectivity index (χ1v) is 7.06. The van der Waals surface area contributed by atoms with E-state index in [2.05, 4.69) is 16.7 Å². The molecule has 20 heavy (non-hydrogen) atoms. The molecule has 0 aliphatic heterocycles. The Kier molecular flexibility index (Phi) is 4.41. The summed E-state index contributed by atoms with van der Waals surface area (Å²) in [5.41, 5.74) is 0.430. The Morgan fingerprint density at radius 2 is 2.10 bits per heavy atom. The van der Waals surface area contributed by atoms with E-state index >= 15 is 0 Å². The lowest BCUT2D eigenvalue weighted by molar-refractivity contribution is -0.121. The van der Waals surface area contributed by atoms with Crippen LogP contribution in [0, 0.1) is 17.2 Å². The van der Waals surface area contributed by atoms with E-state index in [-0.39, 0.29) is 18.5 Å². The van der Waals surface area contributed by atoms with Crippen LogP contribution in [-0.2, 0) is 4.79 Å². The highest BCUT2D eigenvalue weighted by Gasteiger charge is 2.42. The molecule has 0 radical (unpaired) electrons. The molecular formula is C16H21N3O. The SMILES string of the molecule is C[C@@H](NCC(=O)N[C@@](C)(C#N)C1CC1)c1ccccc1. The first kappa shape index (κ1) is 14.5. The number of hydrogen-bond donors (Lipinski definition) is 2. The number of nitrogens with zero attached hydrogens (tertiary/aromatic N) is 1. The molecule has 0 heterocycles. The van der Waals surface area contributed by atoms with Crippen molar-refractivity contribution in [1.29, 1.82) is 5.26 Å². The van der Waals surface area contributed by atoms with Gasteiger partial charge in [-0.3, -0.25) is 4.79 Å². The van der Waals surface area contributed by atoms with Crippen LogP contribution in [0.15, 0.2) is 30.3 Å². The summed E-state index contributed by atoms with van der Waals surface area (Å²) in [6.45, 7) is 4.05. The number of rotatable bonds is 6. The van der Waals surface area contributed by atoms with Crippen LogP contribution in [0.1, 0.15) is 38.3 Å². The summed E-state index contributed by atoms with van der Waals surface area (Å²) >= 11 is 0. The van der Waals surface area contributed by atoms with Gasteiger partial charge in [-0.2, -0.15) is 5.26 Å². The molecule has 2 N–H and O–H groups in total. The van der Waals surface area contributed by atoms with Crippen molar-refractivity contribution in [2.75, 3.05) is 6.54 Å². The van der Waals surface area contributed by atoms with Gasteiger partial charge < -0.3 is 10.6 Å². The molecule has 1 fully saturated rings. The molecule has 0 aromatic heterocycles. The summed E-state index contributed by atoms with van der Waals surface area (Å²) in [5, 5.41) is 15.2. The lowest BCUT2D eigenvalue weighted by Crippen LogP contribution is -2.49. The van der Waals surface area contributed by atoms with Gasteiger partial charge in [0.25, 0.3) is 0 Å². The van der Waals surface area contributed by atoms with Crippen molar-refractivity contribution in [2.45, 2.75) is 38.3 Å². The topological polar surface area (TPSA) is 64.9 Å². The Bertz CT molecular complexity index is 504. The zero-order valence-corrected chi connectivity index (χ0v) is 12.0. The fourth-order valence-electron chi connectivity index (χ4n) is 2.32. The summed E-state index contributed by atoms with van der Waals surface area (Å²) in [7, 11) is 0. The van der Waals surface area contributed by atoms with Gasteiger partial charge in [-0.1, -0.05) is 30.3 Å². The highest BCUT2D eigenvalue weighted by atomic mass is 16.2. The lowest BCUT2D eigenvalue weighted by Gasteiger charge is -2.23. The maximum Gasteiger partial charge on any atom is 0.235 e. The summed E-state index contributed by atoms with van der Waals surface area (Å²) in [5.74, 6) is 0.187. The second kappa shape index (κ2) is 6.06. The van der Waals surface area contributed by atoms with Gasteiger partial charge in [0.1, 0.15) is 5.54 Å². The van der Waals surface area contributed by atoms with E-state index in [1.165, 1.54) is 0 Å². The third-order valence-electron chi connectivity index (χ3n) is 3.89. The molecule has 0 bridgehead atoms. The van der Waals surface area contributed by atoms with E-state index in [1.54, 1.807) is 0 Å². The van der Waals surface area contributed by atoms with Gasteiger partial charge in [0, 0.05) is 6.04 Å². The highest BCUT2D eigenvalue weighted by molar-refractivity contribution is 5.79. The van der Waals surface area contributed by atoms with Gasteiger partial charge in [0.2, 0.25) is 5.91 Å². The van der Waals surface area contributed by atoms with Gasteiger partial charge >= 0.3 is 0 Å². The van der Waals surface area contributed by atoms with Crippen LogP contribution in [0.25, 0.3) is 0 Å². The number of nitriles is 1. The number of benzene rings is 1. The second-order valence-corrected chi connectivity index (χ2v) is 5.65. The molecule has 1 aromatic rings. The number of nitrogens with one attached hydrogen (secondary N) is 2. The molecule has 4 heteroatoms. The van der Waals surface area contributed by atoms with Crippen LogP contribution in [-0.4, -0.2) is 18.0 Å². The van der Waals surface area contributed by atoms with Crippen LogP contribution in [0.5, 0.6) is 0 Å². The summed E-state index contributed by atoms with van der Waals surface area (Å²) in [4.78, 5) is 12.0. The van der Waals surface area contributed by atoms with Gasteiger partial charge in [0.05, 0.1) is 12.6 Å². The van der Waals surface area contributed by atoms with Crippen LogP contribution in [0.4, 0.5) is 0 Å². The predicted octanol–water partition coefficient (Wildman–Crippen LogP) is 2.15. The first-order chi connectivity index (χ1) is 9.55. The van der Waals surface area contributed by atoms with Crippen molar-refractivity contribution in [3.63, 3.8) is 0 Å². The van der Waals surface area contributed by atoms with Crippen molar-refractivity contribution in [2.24, 2.45) is 5.92 Å². The summed E-state index contributed by atoms with van der Waals surface area (Å²) in [6, 6.07) is 12.3. The summed E-state index contributed by atoms with van der Waals surface area (Å²) < 4.78 is 0. The maximum absolute atomic E-state index is 12.0. The zero-order chi connectivity index (χ0) is 14.6. The molecule has 106 valence electrons. The quantitative estimate of drug-likeness (QED) is 0.833. The molecule has 0 spiro atoms. The minimum Gasteiger partial charge on any atom is -0.337 e. The molecule has 4 nitrogen and oxygen atoms in total. The van der Waals surface area contributed by atoms with Gasteiger partial charge in [-0.25, -0.2) is 0 Å². The third-order valence-corrected chi connectivity index (χ3v) is 3.89. The van der Waals surface area contributed by atoms with Crippen LogP contribution in [0.3, 0.4) is 0 Å². The van der Waals surface area contributed by atoms with Gasteiger partial charge in [-0.15, -0.1) is 0 Å². The molecule has 2 atom stereocenters. The number of amides is 1. The fraction of sp³-hybridized carbons (Fsp3) is 0.500. The standard InChI is InChI=1S/C16H21N3O/c1-12(13-6-4-3-5-7-13)18-10-15(20)19-16(2,11-17)14-8-9-14/h3-7,12,14,18H,8-10H2,1-2H3,(H,19,20)/t12-,16+/m1/s1. The normalized spacial score (nSPS) is 18.6. The fourth-order valence-corrected chi connectivity index (χ4v) is 2.32. The molecular weight excluding hydrogens is 250 g/mol. The van der Waals surface area contributed by atoms with Crippen LogP contribution < -0.4 is 10.6 Å².